The number of halogens is 1. The van der Waals surface area contributed by atoms with Crippen LogP contribution in [-0.2, 0) is 20.7 Å². The number of hydrogen-bond donors (Lipinski definition) is 1. The molecule has 1 atom stereocenters. The fourth-order valence-corrected chi connectivity index (χ4v) is 3.36. The normalized spacial score (nSPS) is 11.3. The Morgan fingerprint density at radius 2 is 1.50 bits per heavy atom. The molecule has 3 aromatic carbocycles. The van der Waals surface area contributed by atoms with E-state index >= 15 is 0 Å². The highest BCUT2D eigenvalue weighted by molar-refractivity contribution is 5.96. The maximum Gasteiger partial charge on any atom is 0.307 e. The highest BCUT2D eigenvalue weighted by Gasteiger charge is 2.25. The van der Waals surface area contributed by atoms with Crippen molar-refractivity contribution in [1.82, 2.24) is 0 Å². The van der Waals surface area contributed by atoms with Gasteiger partial charge in [-0.25, -0.2) is 4.39 Å². The van der Waals surface area contributed by atoms with Crippen molar-refractivity contribution >= 4 is 17.6 Å². The molecular weight excluding hydrogens is 441 g/mol. The van der Waals surface area contributed by atoms with Gasteiger partial charge in [0.2, 0.25) is 11.9 Å². The molecule has 7 nitrogen and oxygen atoms in total. The van der Waals surface area contributed by atoms with E-state index in [9.17, 15) is 14.0 Å². The Hall–Kier alpha value is -4.07. The van der Waals surface area contributed by atoms with E-state index < -0.39 is 23.8 Å². The number of anilines is 1. The molecule has 1 N–H and O–H groups in total. The Labute approximate surface area is 197 Å². The molecule has 0 aromatic heterocycles. The average Bonchev–Trinajstić information content (AvgIpc) is 2.87. The molecule has 34 heavy (non-hydrogen) atoms. The summed E-state index contributed by atoms with van der Waals surface area (Å²) in [4.78, 5) is 25.6. The number of carbonyl (C=O) groups is 2. The van der Waals surface area contributed by atoms with Crippen LogP contribution in [-0.4, -0.2) is 33.2 Å². The monoisotopic (exact) mass is 467 g/mol. The number of methoxy groups -OCH3 is 3. The van der Waals surface area contributed by atoms with E-state index in [0.717, 1.165) is 5.56 Å². The Morgan fingerprint density at radius 1 is 0.882 bits per heavy atom. The molecule has 0 fully saturated rings. The van der Waals surface area contributed by atoms with Crippen LogP contribution in [0, 0.1) is 5.82 Å². The fraction of sp³-hybridized carbons (Fsp3) is 0.231. The third-order valence-electron chi connectivity index (χ3n) is 5.04. The van der Waals surface area contributed by atoms with Crippen LogP contribution in [0.4, 0.5) is 10.1 Å². The fourth-order valence-electron chi connectivity index (χ4n) is 3.36. The summed E-state index contributed by atoms with van der Waals surface area (Å²) in [5.74, 6) is -0.110. The first-order chi connectivity index (χ1) is 16.4. The summed E-state index contributed by atoms with van der Waals surface area (Å²) in [5, 5.41) is 2.66. The summed E-state index contributed by atoms with van der Waals surface area (Å²) in [6.45, 7) is 0. The Kier molecular flexibility index (Phi) is 8.45. The molecule has 3 aromatic rings. The number of esters is 1. The molecule has 0 aliphatic carbocycles. The summed E-state index contributed by atoms with van der Waals surface area (Å²) in [5.41, 5.74) is 1.68. The van der Waals surface area contributed by atoms with E-state index in [2.05, 4.69) is 5.32 Å². The molecule has 0 bridgehead atoms. The molecule has 178 valence electrons. The third kappa shape index (κ3) is 6.25. The highest BCUT2D eigenvalue weighted by atomic mass is 19.1. The second kappa shape index (κ2) is 11.7. The lowest BCUT2D eigenvalue weighted by atomic mass is 10.1. The van der Waals surface area contributed by atoms with Crippen LogP contribution in [0.3, 0.4) is 0 Å². The zero-order valence-electron chi connectivity index (χ0n) is 19.2. The lowest BCUT2D eigenvalue weighted by Gasteiger charge is -2.18. The minimum atomic E-state index is -1.17. The Bertz CT molecular complexity index is 1090. The van der Waals surface area contributed by atoms with Crippen molar-refractivity contribution in [2.24, 2.45) is 0 Å². The van der Waals surface area contributed by atoms with Crippen LogP contribution >= 0.6 is 0 Å². The van der Waals surface area contributed by atoms with Gasteiger partial charge < -0.3 is 24.3 Å². The molecule has 0 spiro atoms. The van der Waals surface area contributed by atoms with Crippen LogP contribution in [0.2, 0.25) is 0 Å². The van der Waals surface area contributed by atoms with Crippen molar-refractivity contribution in [3.05, 3.63) is 83.7 Å². The Morgan fingerprint density at radius 3 is 2.06 bits per heavy atom. The largest absolute Gasteiger partial charge is 0.493 e. The number of nitrogens with one attached hydrogen (secondary N) is 1. The SMILES string of the molecule is COc1cc(CCC(=O)OC(C(=O)Nc2ccc(F)cc2)c2ccccc2)cc(OC)c1OC. The summed E-state index contributed by atoms with van der Waals surface area (Å²) < 4.78 is 34.7. The molecule has 1 unspecified atom stereocenters. The number of amides is 1. The van der Waals surface area contributed by atoms with Gasteiger partial charge in [0.25, 0.3) is 5.91 Å². The average molecular weight is 467 g/mol. The molecular formula is C26H26FNO6. The molecule has 3 rings (SSSR count). The van der Waals surface area contributed by atoms with E-state index in [0.29, 0.717) is 34.9 Å². The minimum Gasteiger partial charge on any atom is -0.493 e. The van der Waals surface area contributed by atoms with Gasteiger partial charge in [0.1, 0.15) is 5.82 Å². The van der Waals surface area contributed by atoms with E-state index in [1.165, 1.54) is 45.6 Å². The summed E-state index contributed by atoms with van der Waals surface area (Å²) in [6.07, 6.45) is -0.818. The first kappa shape index (κ1) is 24.6. The second-order valence-electron chi connectivity index (χ2n) is 7.31. The first-order valence-corrected chi connectivity index (χ1v) is 10.5. The maximum atomic E-state index is 13.2. The van der Waals surface area contributed by atoms with Crippen LogP contribution in [0.25, 0.3) is 0 Å². The predicted molar refractivity (Wildman–Crippen MR) is 125 cm³/mol. The van der Waals surface area contributed by atoms with Gasteiger partial charge in [-0.2, -0.15) is 0 Å². The number of aryl methyl sites for hydroxylation is 1. The van der Waals surface area contributed by atoms with Crippen molar-refractivity contribution < 1.29 is 32.9 Å². The zero-order chi connectivity index (χ0) is 24.5. The van der Waals surface area contributed by atoms with Gasteiger partial charge in [0.05, 0.1) is 21.3 Å². The van der Waals surface area contributed by atoms with Gasteiger partial charge in [-0.3, -0.25) is 9.59 Å². The van der Waals surface area contributed by atoms with Gasteiger partial charge in [-0.15, -0.1) is 0 Å². The van der Waals surface area contributed by atoms with E-state index in [4.69, 9.17) is 18.9 Å². The molecule has 0 heterocycles. The molecule has 0 radical (unpaired) electrons. The van der Waals surface area contributed by atoms with E-state index in [1.807, 2.05) is 0 Å². The van der Waals surface area contributed by atoms with Crippen LogP contribution in [0.5, 0.6) is 17.2 Å². The number of ether oxygens (including phenoxy) is 4. The smallest absolute Gasteiger partial charge is 0.307 e. The third-order valence-corrected chi connectivity index (χ3v) is 5.04. The Balaban J connectivity index is 1.72. The van der Waals surface area contributed by atoms with E-state index in [1.54, 1.807) is 42.5 Å². The molecule has 1 amide bonds. The van der Waals surface area contributed by atoms with Gasteiger partial charge in [-0.1, -0.05) is 30.3 Å². The second-order valence-corrected chi connectivity index (χ2v) is 7.31. The van der Waals surface area contributed by atoms with Gasteiger partial charge >= 0.3 is 5.97 Å². The lowest BCUT2D eigenvalue weighted by Crippen LogP contribution is -2.26. The maximum absolute atomic E-state index is 13.2. The first-order valence-electron chi connectivity index (χ1n) is 10.5. The summed E-state index contributed by atoms with van der Waals surface area (Å²) >= 11 is 0. The van der Waals surface area contributed by atoms with Crippen molar-refractivity contribution in [2.75, 3.05) is 26.6 Å². The van der Waals surface area contributed by atoms with Crippen LogP contribution in [0.15, 0.2) is 66.7 Å². The number of carbonyl (C=O) groups excluding carboxylic acids is 2. The van der Waals surface area contributed by atoms with E-state index in [-0.39, 0.29) is 6.42 Å². The van der Waals surface area contributed by atoms with Crippen molar-refractivity contribution in [3.63, 3.8) is 0 Å². The summed E-state index contributed by atoms with van der Waals surface area (Å²) in [7, 11) is 4.54. The van der Waals surface area contributed by atoms with Gasteiger partial charge in [-0.05, 0) is 48.4 Å². The molecule has 8 heteroatoms. The number of hydrogen-bond acceptors (Lipinski definition) is 6. The van der Waals surface area contributed by atoms with Crippen molar-refractivity contribution in [1.29, 1.82) is 0 Å². The van der Waals surface area contributed by atoms with Gasteiger partial charge in [0, 0.05) is 17.7 Å². The van der Waals surface area contributed by atoms with Crippen LogP contribution in [0.1, 0.15) is 23.7 Å². The molecule has 0 saturated carbocycles. The quantitative estimate of drug-likeness (QED) is 0.435. The van der Waals surface area contributed by atoms with Crippen LogP contribution < -0.4 is 19.5 Å². The minimum absolute atomic E-state index is 0.0196. The standard InChI is InChI=1S/C26H26FNO6/c1-31-21-15-17(16-22(32-2)25(21)33-3)9-14-23(29)34-24(18-7-5-4-6-8-18)26(30)28-20-12-10-19(27)11-13-20/h4-8,10-13,15-16,24H,9,14H2,1-3H3,(H,28,30). The molecule has 0 aliphatic heterocycles. The zero-order valence-corrected chi connectivity index (χ0v) is 19.2. The van der Waals surface area contributed by atoms with Gasteiger partial charge in [0.15, 0.2) is 11.5 Å². The van der Waals surface area contributed by atoms with Crippen molar-refractivity contribution in [2.45, 2.75) is 18.9 Å². The topological polar surface area (TPSA) is 83.1 Å². The molecule has 0 aliphatic rings. The summed E-state index contributed by atoms with van der Waals surface area (Å²) in [6, 6.07) is 17.5. The predicted octanol–water partition coefficient (Wildman–Crippen LogP) is 4.71. The number of benzene rings is 3. The molecule has 0 saturated heterocycles. The van der Waals surface area contributed by atoms with Crippen molar-refractivity contribution in [3.8, 4) is 17.2 Å². The number of rotatable bonds is 10. The highest BCUT2D eigenvalue weighted by Crippen LogP contribution is 2.38. The lowest BCUT2D eigenvalue weighted by molar-refractivity contribution is -0.154.